The number of hydrogen-bond donors (Lipinski definition) is 1. The van der Waals surface area contributed by atoms with Crippen molar-refractivity contribution in [2.45, 2.75) is 6.42 Å². The lowest BCUT2D eigenvalue weighted by Gasteiger charge is -2.34. The molecule has 1 aliphatic rings. The van der Waals surface area contributed by atoms with E-state index in [4.69, 9.17) is 5.73 Å². The molecule has 1 aromatic carbocycles. The number of aromatic nitrogens is 1. The van der Waals surface area contributed by atoms with Crippen LogP contribution in [0.1, 0.15) is 25.9 Å². The van der Waals surface area contributed by atoms with Crippen LogP contribution in [0.2, 0.25) is 0 Å². The standard InChI is InChI=1S/C17H19FN4O2S/c18-13-3-1-12(2-4-13)16(23)21-7-9-22(10-8-21)17(24)14-11-25-15(20-14)5-6-19/h1-4,11H,5-10,19H2. The monoisotopic (exact) mass is 362 g/mol. The van der Waals surface area contributed by atoms with Crippen LogP contribution in [0.25, 0.3) is 0 Å². The summed E-state index contributed by atoms with van der Waals surface area (Å²) in [5, 5.41) is 2.61. The number of hydrogen-bond acceptors (Lipinski definition) is 5. The fourth-order valence-corrected chi connectivity index (χ4v) is 3.49. The average Bonchev–Trinajstić information content (AvgIpc) is 3.10. The highest BCUT2D eigenvalue weighted by molar-refractivity contribution is 7.09. The number of rotatable bonds is 4. The molecule has 1 fully saturated rings. The Bertz CT molecular complexity index is 754. The van der Waals surface area contributed by atoms with Gasteiger partial charge in [-0.05, 0) is 30.8 Å². The molecule has 2 heterocycles. The number of carbonyl (C=O) groups excluding carboxylic acids is 2. The zero-order chi connectivity index (χ0) is 17.8. The molecule has 1 saturated heterocycles. The van der Waals surface area contributed by atoms with Gasteiger partial charge in [-0.2, -0.15) is 0 Å². The Morgan fingerprint density at radius 2 is 1.68 bits per heavy atom. The van der Waals surface area contributed by atoms with Gasteiger partial charge >= 0.3 is 0 Å². The number of carbonyl (C=O) groups is 2. The lowest BCUT2D eigenvalue weighted by Crippen LogP contribution is -2.50. The Morgan fingerprint density at radius 3 is 2.28 bits per heavy atom. The third-order valence-electron chi connectivity index (χ3n) is 4.07. The van der Waals surface area contributed by atoms with Gasteiger partial charge in [0, 0.05) is 43.5 Å². The van der Waals surface area contributed by atoms with Crippen molar-refractivity contribution < 1.29 is 14.0 Å². The molecular formula is C17H19FN4O2S. The first-order chi connectivity index (χ1) is 12.1. The van der Waals surface area contributed by atoms with Crippen molar-refractivity contribution in [2.75, 3.05) is 32.7 Å². The first-order valence-corrected chi connectivity index (χ1v) is 8.95. The molecule has 0 radical (unpaired) electrons. The summed E-state index contributed by atoms with van der Waals surface area (Å²) in [6, 6.07) is 5.50. The number of nitrogens with zero attached hydrogens (tertiary/aromatic N) is 3. The molecule has 25 heavy (non-hydrogen) atoms. The second-order valence-corrected chi connectivity index (χ2v) is 6.70. The summed E-state index contributed by atoms with van der Waals surface area (Å²) in [6.45, 7) is 2.31. The van der Waals surface area contributed by atoms with Crippen LogP contribution in [0.3, 0.4) is 0 Å². The lowest BCUT2D eigenvalue weighted by molar-refractivity contribution is 0.0532. The highest BCUT2D eigenvalue weighted by atomic mass is 32.1. The van der Waals surface area contributed by atoms with E-state index in [-0.39, 0.29) is 17.6 Å². The van der Waals surface area contributed by atoms with Gasteiger partial charge < -0.3 is 15.5 Å². The molecule has 2 aromatic rings. The Hall–Kier alpha value is -2.32. The molecule has 0 atom stereocenters. The fraction of sp³-hybridized carbons (Fsp3) is 0.353. The minimum atomic E-state index is -0.371. The van der Waals surface area contributed by atoms with E-state index >= 15 is 0 Å². The van der Waals surface area contributed by atoms with E-state index in [1.807, 2.05) is 0 Å². The topological polar surface area (TPSA) is 79.5 Å². The van der Waals surface area contributed by atoms with E-state index in [0.29, 0.717) is 50.4 Å². The third kappa shape index (κ3) is 4.02. The van der Waals surface area contributed by atoms with E-state index in [9.17, 15) is 14.0 Å². The molecule has 0 saturated carbocycles. The van der Waals surface area contributed by atoms with Gasteiger partial charge in [-0.15, -0.1) is 11.3 Å². The second kappa shape index (κ2) is 7.71. The summed E-state index contributed by atoms with van der Waals surface area (Å²) < 4.78 is 13.0. The number of piperazine rings is 1. The quantitative estimate of drug-likeness (QED) is 0.891. The highest BCUT2D eigenvalue weighted by Gasteiger charge is 2.26. The van der Waals surface area contributed by atoms with E-state index in [2.05, 4.69) is 4.98 Å². The van der Waals surface area contributed by atoms with Gasteiger partial charge in [0.2, 0.25) is 0 Å². The maximum Gasteiger partial charge on any atom is 0.273 e. The van der Waals surface area contributed by atoms with Crippen molar-refractivity contribution in [3.63, 3.8) is 0 Å². The summed E-state index contributed by atoms with van der Waals surface area (Å²) in [5.74, 6) is -0.636. The van der Waals surface area contributed by atoms with Crippen LogP contribution in [0, 0.1) is 5.82 Å². The molecule has 0 spiro atoms. The number of nitrogens with two attached hydrogens (primary N) is 1. The van der Waals surface area contributed by atoms with Crippen molar-refractivity contribution in [1.82, 2.24) is 14.8 Å². The number of thiazole rings is 1. The van der Waals surface area contributed by atoms with E-state index < -0.39 is 0 Å². The van der Waals surface area contributed by atoms with Gasteiger partial charge in [0.25, 0.3) is 11.8 Å². The van der Waals surface area contributed by atoms with Gasteiger partial charge in [-0.1, -0.05) is 0 Å². The Balaban J connectivity index is 1.58. The van der Waals surface area contributed by atoms with E-state index in [1.54, 1.807) is 15.2 Å². The molecule has 132 valence electrons. The van der Waals surface area contributed by atoms with Crippen molar-refractivity contribution in [3.8, 4) is 0 Å². The van der Waals surface area contributed by atoms with Crippen molar-refractivity contribution in [1.29, 1.82) is 0 Å². The maximum atomic E-state index is 13.0. The molecule has 3 rings (SSSR count). The first kappa shape index (κ1) is 17.5. The van der Waals surface area contributed by atoms with Gasteiger partial charge in [0.1, 0.15) is 11.5 Å². The minimum absolute atomic E-state index is 0.117. The molecule has 0 unspecified atom stereocenters. The molecule has 6 nitrogen and oxygen atoms in total. The average molecular weight is 362 g/mol. The molecule has 1 aromatic heterocycles. The molecule has 2 N–H and O–H groups in total. The van der Waals surface area contributed by atoms with Crippen LogP contribution < -0.4 is 5.73 Å². The largest absolute Gasteiger partial charge is 0.335 e. The first-order valence-electron chi connectivity index (χ1n) is 8.07. The normalized spacial score (nSPS) is 14.6. The van der Waals surface area contributed by atoms with E-state index in [0.717, 1.165) is 5.01 Å². The van der Waals surface area contributed by atoms with Crippen LogP contribution in [-0.2, 0) is 6.42 Å². The van der Waals surface area contributed by atoms with Crippen LogP contribution in [0.5, 0.6) is 0 Å². The van der Waals surface area contributed by atoms with Crippen LogP contribution in [0.15, 0.2) is 29.6 Å². The van der Waals surface area contributed by atoms with E-state index in [1.165, 1.54) is 35.6 Å². The number of amides is 2. The fourth-order valence-electron chi connectivity index (χ4n) is 2.70. The second-order valence-electron chi connectivity index (χ2n) is 5.76. The molecule has 2 amide bonds. The third-order valence-corrected chi connectivity index (χ3v) is 4.98. The SMILES string of the molecule is NCCc1nc(C(=O)N2CCN(C(=O)c3ccc(F)cc3)CC2)cs1. The van der Waals surface area contributed by atoms with Gasteiger partial charge in [0.05, 0.1) is 5.01 Å². The van der Waals surface area contributed by atoms with Crippen LogP contribution in [0.4, 0.5) is 4.39 Å². The smallest absolute Gasteiger partial charge is 0.273 e. The summed E-state index contributed by atoms with van der Waals surface area (Å²) in [7, 11) is 0. The predicted molar refractivity (Wildman–Crippen MR) is 93.1 cm³/mol. The van der Waals surface area contributed by atoms with Gasteiger partial charge in [-0.25, -0.2) is 9.37 Å². The Morgan fingerprint density at radius 1 is 1.08 bits per heavy atom. The molecule has 8 heteroatoms. The predicted octanol–water partition coefficient (Wildman–Crippen LogP) is 1.38. The Labute approximate surface area is 149 Å². The number of halogens is 1. The summed E-state index contributed by atoms with van der Waals surface area (Å²) in [6.07, 6.45) is 0.665. The summed E-state index contributed by atoms with van der Waals surface area (Å²) >= 11 is 1.44. The lowest BCUT2D eigenvalue weighted by atomic mass is 10.1. The minimum Gasteiger partial charge on any atom is -0.335 e. The van der Waals surface area contributed by atoms with Crippen LogP contribution >= 0.6 is 11.3 Å². The Kier molecular flexibility index (Phi) is 5.40. The van der Waals surface area contributed by atoms with Gasteiger partial charge in [-0.3, -0.25) is 9.59 Å². The molecular weight excluding hydrogens is 343 g/mol. The zero-order valence-electron chi connectivity index (χ0n) is 13.7. The number of benzene rings is 1. The zero-order valence-corrected chi connectivity index (χ0v) is 14.5. The summed E-state index contributed by atoms with van der Waals surface area (Å²) in [4.78, 5) is 32.6. The molecule has 1 aliphatic heterocycles. The van der Waals surface area contributed by atoms with Crippen LogP contribution in [-0.4, -0.2) is 59.3 Å². The van der Waals surface area contributed by atoms with Gasteiger partial charge in [0.15, 0.2) is 0 Å². The van der Waals surface area contributed by atoms with Crippen molar-refractivity contribution >= 4 is 23.2 Å². The molecule has 0 aliphatic carbocycles. The van der Waals surface area contributed by atoms with Crippen molar-refractivity contribution in [2.24, 2.45) is 5.73 Å². The molecule has 0 bridgehead atoms. The summed E-state index contributed by atoms with van der Waals surface area (Å²) in [5.41, 5.74) is 6.39. The maximum absolute atomic E-state index is 13.0. The van der Waals surface area contributed by atoms with Crippen molar-refractivity contribution in [3.05, 3.63) is 51.7 Å². The highest BCUT2D eigenvalue weighted by Crippen LogP contribution is 2.15.